The van der Waals surface area contributed by atoms with Crippen molar-refractivity contribution >= 4 is 23.1 Å². The van der Waals surface area contributed by atoms with E-state index in [9.17, 15) is 4.79 Å². The lowest BCUT2D eigenvalue weighted by molar-refractivity contribution is 1.12. The van der Waals surface area contributed by atoms with Gasteiger partial charge in [-0.05, 0) is 36.3 Å². The van der Waals surface area contributed by atoms with Crippen LogP contribution in [0.15, 0.2) is 23.0 Å². The standard InChI is InChI=1S/C10H10N2OS/c1-2-6-3-4-8-7(5-6)9(13)12-10(14)11-8/h3-5H,2H2,1H3,(H2,11,12,13,14). The number of rotatable bonds is 1. The molecule has 0 spiro atoms. The van der Waals surface area contributed by atoms with Crippen LogP contribution in [0.25, 0.3) is 10.9 Å². The second-order valence-corrected chi connectivity index (χ2v) is 3.55. The number of aromatic amines is 2. The van der Waals surface area contributed by atoms with Crippen LogP contribution in [0.3, 0.4) is 0 Å². The van der Waals surface area contributed by atoms with E-state index in [0.29, 0.717) is 10.2 Å². The van der Waals surface area contributed by atoms with Gasteiger partial charge >= 0.3 is 0 Å². The molecule has 0 fully saturated rings. The van der Waals surface area contributed by atoms with Gasteiger partial charge in [0.1, 0.15) is 0 Å². The van der Waals surface area contributed by atoms with Crippen molar-refractivity contribution in [1.29, 1.82) is 0 Å². The van der Waals surface area contributed by atoms with E-state index in [0.717, 1.165) is 17.5 Å². The predicted molar refractivity (Wildman–Crippen MR) is 59.1 cm³/mol. The maximum atomic E-state index is 11.5. The minimum Gasteiger partial charge on any atom is -0.332 e. The molecule has 0 radical (unpaired) electrons. The Hall–Kier alpha value is -1.42. The van der Waals surface area contributed by atoms with Gasteiger partial charge in [-0.15, -0.1) is 0 Å². The van der Waals surface area contributed by atoms with Gasteiger partial charge in [0.25, 0.3) is 5.56 Å². The van der Waals surface area contributed by atoms with Crippen LogP contribution >= 0.6 is 12.2 Å². The largest absolute Gasteiger partial charge is 0.332 e. The van der Waals surface area contributed by atoms with Crippen LogP contribution in [0.5, 0.6) is 0 Å². The van der Waals surface area contributed by atoms with Gasteiger partial charge in [-0.3, -0.25) is 9.78 Å². The molecule has 14 heavy (non-hydrogen) atoms. The van der Waals surface area contributed by atoms with Gasteiger partial charge in [0.05, 0.1) is 10.9 Å². The minimum absolute atomic E-state index is 0.126. The summed E-state index contributed by atoms with van der Waals surface area (Å²) in [6.45, 7) is 2.06. The van der Waals surface area contributed by atoms with Crippen LogP contribution in [0.2, 0.25) is 0 Å². The van der Waals surface area contributed by atoms with Crippen molar-refractivity contribution in [3.63, 3.8) is 0 Å². The molecular formula is C10H10N2OS. The zero-order chi connectivity index (χ0) is 10.1. The third-order valence-corrected chi connectivity index (χ3v) is 2.42. The highest BCUT2D eigenvalue weighted by atomic mass is 32.1. The Labute approximate surface area is 85.8 Å². The van der Waals surface area contributed by atoms with E-state index in [1.165, 1.54) is 0 Å². The minimum atomic E-state index is -0.126. The van der Waals surface area contributed by atoms with Crippen molar-refractivity contribution in [3.8, 4) is 0 Å². The topological polar surface area (TPSA) is 48.6 Å². The summed E-state index contributed by atoms with van der Waals surface area (Å²) in [5.41, 5.74) is 1.81. The number of aromatic nitrogens is 2. The van der Waals surface area contributed by atoms with Crippen molar-refractivity contribution < 1.29 is 0 Å². The number of benzene rings is 1. The first kappa shape index (κ1) is 9.15. The third kappa shape index (κ3) is 1.48. The SMILES string of the molecule is CCc1ccc2[nH]c(=S)[nH]c(=O)c2c1. The maximum absolute atomic E-state index is 11.5. The summed E-state index contributed by atoms with van der Waals surface area (Å²) < 4.78 is 0.367. The molecule has 0 saturated heterocycles. The van der Waals surface area contributed by atoms with Crippen molar-refractivity contribution in [1.82, 2.24) is 9.97 Å². The van der Waals surface area contributed by atoms with Gasteiger partial charge in [0.2, 0.25) is 0 Å². The first-order valence-electron chi connectivity index (χ1n) is 4.46. The van der Waals surface area contributed by atoms with E-state index in [1.54, 1.807) is 0 Å². The molecule has 4 heteroatoms. The van der Waals surface area contributed by atoms with Crippen LogP contribution in [0.4, 0.5) is 0 Å². The highest BCUT2D eigenvalue weighted by Crippen LogP contribution is 2.09. The molecule has 0 bridgehead atoms. The molecule has 1 heterocycles. The van der Waals surface area contributed by atoms with E-state index in [2.05, 4.69) is 16.9 Å². The Morgan fingerprint density at radius 3 is 2.86 bits per heavy atom. The van der Waals surface area contributed by atoms with Crippen LogP contribution in [0.1, 0.15) is 12.5 Å². The highest BCUT2D eigenvalue weighted by molar-refractivity contribution is 7.71. The first-order valence-corrected chi connectivity index (χ1v) is 4.87. The zero-order valence-electron chi connectivity index (χ0n) is 7.76. The molecule has 0 unspecified atom stereocenters. The molecule has 1 aromatic carbocycles. The summed E-state index contributed by atoms with van der Waals surface area (Å²) in [6, 6.07) is 5.77. The summed E-state index contributed by atoms with van der Waals surface area (Å²) >= 11 is 4.88. The van der Waals surface area contributed by atoms with Gasteiger partial charge in [-0.1, -0.05) is 13.0 Å². The van der Waals surface area contributed by atoms with Gasteiger partial charge < -0.3 is 4.98 Å². The Morgan fingerprint density at radius 2 is 2.14 bits per heavy atom. The van der Waals surface area contributed by atoms with Gasteiger partial charge in [0, 0.05) is 0 Å². The zero-order valence-corrected chi connectivity index (χ0v) is 8.57. The number of aryl methyl sites for hydroxylation is 1. The molecular weight excluding hydrogens is 196 g/mol. The lowest BCUT2D eigenvalue weighted by Gasteiger charge is -1.99. The van der Waals surface area contributed by atoms with Gasteiger partial charge in [0.15, 0.2) is 4.77 Å². The smallest absolute Gasteiger partial charge is 0.259 e. The maximum Gasteiger partial charge on any atom is 0.259 e. The van der Waals surface area contributed by atoms with Crippen molar-refractivity contribution in [2.45, 2.75) is 13.3 Å². The molecule has 0 atom stereocenters. The third-order valence-electron chi connectivity index (χ3n) is 2.21. The summed E-state index contributed by atoms with van der Waals surface area (Å²) in [5.74, 6) is 0. The molecule has 0 amide bonds. The molecule has 2 rings (SSSR count). The summed E-state index contributed by atoms with van der Waals surface area (Å²) in [7, 11) is 0. The van der Waals surface area contributed by atoms with Crippen LogP contribution in [-0.2, 0) is 6.42 Å². The Balaban J connectivity index is 2.89. The number of hydrogen-bond acceptors (Lipinski definition) is 2. The van der Waals surface area contributed by atoms with Gasteiger partial charge in [-0.2, -0.15) is 0 Å². The predicted octanol–water partition coefficient (Wildman–Crippen LogP) is 2.15. The molecule has 0 saturated carbocycles. The Kier molecular flexibility index (Phi) is 2.21. The molecule has 2 aromatic rings. The van der Waals surface area contributed by atoms with E-state index in [4.69, 9.17) is 12.2 Å². The van der Waals surface area contributed by atoms with E-state index in [-0.39, 0.29) is 5.56 Å². The Bertz CT molecular complexity index is 582. The molecule has 1 aromatic heterocycles. The molecule has 3 nitrogen and oxygen atoms in total. The van der Waals surface area contributed by atoms with E-state index >= 15 is 0 Å². The van der Waals surface area contributed by atoms with Crippen molar-refractivity contribution in [2.75, 3.05) is 0 Å². The second kappa shape index (κ2) is 3.38. The molecule has 72 valence electrons. The molecule has 2 N–H and O–H groups in total. The van der Waals surface area contributed by atoms with E-state index in [1.807, 2.05) is 18.2 Å². The number of hydrogen-bond donors (Lipinski definition) is 2. The monoisotopic (exact) mass is 206 g/mol. The number of fused-ring (bicyclic) bond motifs is 1. The van der Waals surface area contributed by atoms with E-state index < -0.39 is 0 Å². The fourth-order valence-corrected chi connectivity index (χ4v) is 1.63. The number of nitrogens with one attached hydrogen (secondary N) is 2. The normalized spacial score (nSPS) is 10.6. The highest BCUT2D eigenvalue weighted by Gasteiger charge is 1.99. The quantitative estimate of drug-likeness (QED) is 0.702. The number of H-pyrrole nitrogens is 2. The van der Waals surface area contributed by atoms with Crippen LogP contribution < -0.4 is 5.56 Å². The van der Waals surface area contributed by atoms with Crippen molar-refractivity contribution in [2.24, 2.45) is 0 Å². The average Bonchev–Trinajstić information content (AvgIpc) is 2.17. The summed E-state index contributed by atoms with van der Waals surface area (Å²) in [4.78, 5) is 17.0. The van der Waals surface area contributed by atoms with Crippen LogP contribution in [0, 0.1) is 4.77 Å². The second-order valence-electron chi connectivity index (χ2n) is 3.14. The lowest BCUT2D eigenvalue weighted by Crippen LogP contribution is -2.07. The molecule has 0 aliphatic carbocycles. The molecule has 0 aliphatic rings. The van der Waals surface area contributed by atoms with Crippen molar-refractivity contribution in [3.05, 3.63) is 38.9 Å². The lowest BCUT2D eigenvalue weighted by atomic mass is 10.1. The molecule has 0 aliphatic heterocycles. The van der Waals surface area contributed by atoms with Crippen LogP contribution in [-0.4, -0.2) is 9.97 Å². The average molecular weight is 206 g/mol. The fourth-order valence-electron chi connectivity index (χ4n) is 1.43. The summed E-state index contributed by atoms with van der Waals surface area (Å²) in [5, 5.41) is 0.665. The first-order chi connectivity index (χ1) is 6.70. The fraction of sp³-hybridized carbons (Fsp3) is 0.200. The van der Waals surface area contributed by atoms with Gasteiger partial charge in [-0.25, -0.2) is 0 Å². The summed E-state index contributed by atoms with van der Waals surface area (Å²) in [6.07, 6.45) is 0.922. The Morgan fingerprint density at radius 1 is 1.36 bits per heavy atom.